The average molecular weight is 419 g/mol. The van der Waals surface area contributed by atoms with Gasteiger partial charge in [-0.05, 0) is 36.8 Å². The van der Waals surface area contributed by atoms with Gasteiger partial charge in [0.05, 0.1) is 12.5 Å². The van der Waals surface area contributed by atoms with Crippen molar-refractivity contribution in [2.75, 3.05) is 7.11 Å². The Morgan fingerprint density at radius 1 is 0.839 bits per heavy atom. The highest BCUT2D eigenvalue weighted by molar-refractivity contribution is 5.79. The average Bonchev–Trinajstić information content (AvgIpc) is 2.80. The highest BCUT2D eigenvalue weighted by atomic mass is 16.5. The fraction of sp³-hybridized carbons (Fsp3) is 0.393. The summed E-state index contributed by atoms with van der Waals surface area (Å²) in [5.41, 5.74) is 3.18. The molecular formula is C28H36NO2+. The van der Waals surface area contributed by atoms with Gasteiger partial charge in [-0.1, -0.05) is 63.6 Å². The first-order valence-corrected chi connectivity index (χ1v) is 11.7. The van der Waals surface area contributed by atoms with E-state index in [1.165, 1.54) is 62.3 Å². The number of phenols is 1. The standard InChI is InChI=1S/C28H35NO2/c1-3-4-5-6-7-8-9-12-21-29-25(17-15-23-13-10-11-14-28(23)30)18-16-24-22-26(31-2)19-20-27(24)29/h10-11,13-20,22H,3-9,12,21H2,1-2H3/p+1. The summed E-state index contributed by atoms with van der Waals surface area (Å²) in [6.45, 7) is 3.25. The second-order valence-corrected chi connectivity index (χ2v) is 8.20. The van der Waals surface area contributed by atoms with Gasteiger partial charge in [0.15, 0.2) is 0 Å². The summed E-state index contributed by atoms with van der Waals surface area (Å²) in [5, 5.41) is 11.3. The van der Waals surface area contributed by atoms with Crippen LogP contribution < -0.4 is 9.30 Å². The van der Waals surface area contributed by atoms with E-state index in [1.807, 2.05) is 30.3 Å². The number of hydrogen-bond acceptors (Lipinski definition) is 2. The molecule has 0 aliphatic rings. The van der Waals surface area contributed by atoms with Crippen LogP contribution >= 0.6 is 0 Å². The van der Waals surface area contributed by atoms with E-state index in [2.05, 4.69) is 41.8 Å². The van der Waals surface area contributed by atoms with Crippen molar-refractivity contribution in [1.82, 2.24) is 0 Å². The van der Waals surface area contributed by atoms with Gasteiger partial charge >= 0.3 is 0 Å². The minimum atomic E-state index is 0.305. The molecule has 1 heterocycles. The number of phenolic OH excluding ortho intramolecular Hbond substituents is 1. The van der Waals surface area contributed by atoms with Crippen LogP contribution in [0.5, 0.6) is 11.5 Å². The molecule has 3 rings (SSSR count). The maximum absolute atomic E-state index is 10.1. The van der Waals surface area contributed by atoms with Crippen LogP contribution in [0.4, 0.5) is 0 Å². The third-order valence-electron chi connectivity index (χ3n) is 5.88. The third-order valence-corrected chi connectivity index (χ3v) is 5.88. The molecule has 31 heavy (non-hydrogen) atoms. The number of fused-ring (bicyclic) bond motifs is 1. The molecule has 3 nitrogen and oxygen atoms in total. The van der Waals surface area contributed by atoms with E-state index >= 15 is 0 Å². The molecule has 0 aliphatic heterocycles. The van der Waals surface area contributed by atoms with Gasteiger partial charge in [-0.3, -0.25) is 0 Å². The second kappa shape index (κ2) is 12.1. The Morgan fingerprint density at radius 3 is 2.32 bits per heavy atom. The Hall–Kier alpha value is -2.81. The minimum Gasteiger partial charge on any atom is -0.507 e. The van der Waals surface area contributed by atoms with Crippen molar-refractivity contribution in [2.45, 2.75) is 64.8 Å². The van der Waals surface area contributed by atoms with Crippen molar-refractivity contribution in [2.24, 2.45) is 0 Å². The normalized spacial score (nSPS) is 11.4. The molecule has 0 fully saturated rings. The van der Waals surface area contributed by atoms with Crippen molar-refractivity contribution < 1.29 is 14.4 Å². The van der Waals surface area contributed by atoms with Crippen molar-refractivity contribution in [3.63, 3.8) is 0 Å². The molecule has 0 unspecified atom stereocenters. The fourth-order valence-electron chi connectivity index (χ4n) is 4.05. The van der Waals surface area contributed by atoms with Gasteiger partial charge in [0.2, 0.25) is 11.2 Å². The van der Waals surface area contributed by atoms with E-state index in [1.54, 1.807) is 13.2 Å². The quantitative estimate of drug-likeness (QED) is 0.250. The predicted octanol–water partition coefficient (Wildman–Crippen LogP) is 7.15. The number of unbranched alkanes of at least 4 members (excludes halogenated alkanes) is 7. The van der Waals surface area contributed by atoms with E-state index in [0.29, 0.717) is 5.75 Å². The molecule has 0 saturated carbocycles. The number of hydrogen-bond donors (Lipinski definition) is 1. The molecule has 0 radical (unpaired) electrons. The van der Waals surface area contributed by atoms with Crippen molar-refractivity contribution in [1.29, 1.82) is 0 Å². The molecule has 164 valence electrons. The number of aryl methyl sites for hydroxylation is 1. The van der Waals surface area contributed by atoms with Crippen molar-refractivity contribution in [3.8, 4) is 11.5 Å². The van der Waals surface area contributed by atoms with Crippen LogP contribution in [0.1, 0.15) is 69.5 Å². The van der Waals surface area contributed by atoms with E-state index in [9.17, 15) is 5.11 Å². The van der Waals surface area contributed by atoms with Gasteiger partial charge in [0.1, 0.15) is 18.0 Å². The van der Waals surface area contributed by atoms with Crippen LogP contribution in [-0.2, 0) is 6.54 Å². The maximum atomic E-state index is 10.1. The lowest BCUT2D eigenvalue weighted by atomic mass is 10.1. The van der Waals surface area contributed by atoms with Gasteiger partial charge < -0.3 is 9.84 Å². The van der Waals surface area contributed by atoms with E-state index in [4.69, 9.17) is 4.74 Å². The molecule has 0 aliphatic carbocycles. The SMILES string of the molecule is CCCCCCCCCC[n+]1c(/C=C/c2ccccc2O)ccc2cc(OC)ccc21. The molecule has 3 aromatic rings. The van der Waals surface area contributed by atoms with Gasteiger partial charge in [-0.2, -0.15) is 4.57 Å². The first kappa shape index (κ1) is 22.9. The van der Waals surface area contributed by atoms with Crippen LogP contribution in [-0.4, -0.2) is 12.2 Å². The molecule has 0 amide bonds. The molecular weight excluding hydrogens is 382 g/mol. The Morgan fingerprint density at radius 2 is 1.58 bits per heavy atom. The van der Waals surface area contributed by atoms with Gasteiger partial charge in [0.25, 0.3) is 0 Å². The lowest BCUT2D eigenvalue weighted by molar-refractivity contribution is -0.673. The first-order valence-electron chi connectivity index (χ1n) is 11.7. The number of pyridine rings is 1. The van der Waals surface area contributed by atoms with Crippen LogP contribution in [0, 0.1) is 0 Å². The highest BCUT2D eigenvalue weighted by Gasteiger charge is 2.14. The number of rotatable bonds is 12. The van der Waals surface area contributed by atoms with Gasteiger partial charge in [-0.15, -0.1) is 0 Å². The number of para-hydroxylation sites is 1. The summed E-state index contributed by atoms with van der Waals surface area (Å²) in [6.07, 6.45) is 14.6. The van der Waals surface area contributed by atoms with Crippen LogP contribution in [0.3, 0.4) is 0 Å². The molecule has 0 spiro atoms. The summed E-state index contributed by atoms with van der Waals surface area (Å²) in [5.74, 6) is 1.18. The lowest BCUT2D eigenvalue weighted by Crippen LogP contribution is -2.38. The number of aromatic hydroxyl groups is 1. The summed E-state index contributed by atoms with van der Waals surface area (Å²) in [6, 6.07) is 18.0. The van der Waals surface area contributed by atoms with Crippen LogP contribution in [0.25, 0.3) is 23.1 Å². The highest BCUT2D eigenvalue weighted by Crippen LogP contribution is 2.21. The predicted molar refractivity (Wildman–Crippen MR) is 130 cm³/mol. The third kappa shape index (κ3) is 6.58. The number of nitrogens with zero attached hydrogens (tertiary/aromatic N) is 1. The molecule has 1 N–H and O–H groups in total. The number of ether oxygens (including phenoxy) is 1. The van der Waals surface area contributed by atoms with E-state index in [-0.39, 0.29) is 0 Å². The van der Waals surface area contributed by atoms with Crippen LogP contribution in [0.2, 0.25) is 0 Å². The van der Waals surface area contributed by atoms with Gasteiger partial charge in [0, 0.05) is 30.2 Å². The maximum Gasteiger partial charge on any atom is 0.213 e. The summed E-state index contributed by atoms with van der Waals surface area (Å²) >= 11 is 0. The van der Waals surface area contributed by atoms with E-state index < -0.39 is 0 Å². The Balaban J connectivity index is 1.76. The minimum absolute atomic E-state index is 0.305. The smallest absolute Gasteiger partial charge is 0.213 e. The largest absolute Gasteiger partial charge is 0.507 e. The monoisotopic (exact) mass is 418 g/mol. The zero-order valence-corrected chi connectivity index (χ0v) is 19.0. The topological polar surface area (TPSA) is 33.3 Å². The van der Waals surface area contributed by atoms with E-state index in [0.717, 1.165) is 23.6 Å². The number of aromatic nitrogens is 1. The molecule has 0 bridgehead atoms. The zero-order chi connectivity index (χ0) is 21.9. The summed E-state index contributed by atoms with van der Waals surface area (Å²) in [7, 11) is 1.71. The molecule has 0 saturated heterocycles. The van der Waals surface area contributed by atoms with Crippen molar-refractivity contribution in [3.05, 3.63) is 65.9 Å². The molecule has 0 atom stereocenters. The van der Waals surface area contributed by atoms with Crippen molar-refractivity contribution >= 4 is 23.1 Å². The van der Waals surface area contributed by atoms with Gasteiger partial charge in [-0.25, -0.2) is 0 Å². The first-order chi connectivity index (χ1) is 15.2. The second-order valence-electron chi connectivity index (χ2n) is 8.20. The Bertz CT molecular complexity index is 993. The Labute approximate surface area is 187 Å². The number of methoxy groups -OCH3 is 1. The Kier molecular flexibility index (Phi) is 8.96. The lowest BCUT2D eigenvalue weighted by Gasteiger charge is -2.07. The summed E-state index contributed by atoms with van der Waals surface area (Å²) in [4.78, 5) is 0. The number of benzene rings is 2. The molecule has 3 heteroatoms. The zero-order valence-electron chi connectivity index (χ0n) is 19.0. The molecule has 2 aromatic carbocycles. The summed E-state index contributed by atoms with van der Waals surface area (Å²) < 4.78 is 7.80. The fourth-order valence-corrected chi connectivity index (χ4v) is 4.05. The molecule has 1 aromatic heterocycles. The van der Waals surface area contributed by atoms with Crippen LogP contribution in [0.15, 0.2) is 54.6 Å².